The van der Waals surface area contributed by atoms with Crippen LogP contribution in [0.15, 0.2) is 44.4 Å². The molecule has 0 saturated heterocycles. The van der Waals surface area contributed by atoms with E-state index in [-0.39, 0.29) is 9.90 Å². The van der Waals surface area contributed by atoms with E-state index in [1.165, 1.54) is 24.3 Å². The van der Waals surface area contributed by atoms with Crippen LogP contribution in [0, 0.1) is 5.82 Å². The van der Waals surface area contributed by atoms with Gasteiger partial charge < -0.3 is 5.11 Å². The maximum atomic E-state index is 14.0. The number of hydrogen-bond acceptors (Lipinski definition) is 4. The van der Waals surface area contributed by atoms with Crippen molar-refractivity contribution < 1.29 is 22.7 Å². The van der Waals surface area contributed by atoms with Crippen LogP contribution in [0.4, 0.5) is 10.1 Å². The van der Waals surface area contributed by atoms with E-state index < -0.39 is 28.4 Å². The van der Waals surface area contributed by atoms with Crippen molar-refractivity contribution in [3.05, 3.63) is 46.0 Å². The van der Waals surface area contributed by atoms with E-state index in [1.54, 1.807) is 5.38 Å². The summed E-state index contributed by atoms with van der Waals surface area (Å²) in [5, 5.41) is 10.5. The Morgan fingerprint density at radius 1 is 1.38 bits per heavy atom. The fourth-order valence-corrected chi connectivity index (χ4v) is 4.48. The zero-order valence-corrected chi connectivity index (χ0v) is 13.6. The highest BCUT2D eigenvalue weighted by Crippen LogP contribution is 2.29. The van der Waals surface area contributed by atoms with Crippen molar-refractivity contribution in [2.75, 3.05) is 10.8 Å². The van der Waals surface area contributed by atoms with E-state index in [2.05, 4.69) is 15.9 Å². The fraction of sp³-hybridized carbons (Fsp3) is 0.0833. The molecule has 0 saturated carbocycles. The molecule has 5 nitrogen and oxygen atoms in total. The molecule has 1 aromatic carbocycles. The second-order valence-corrected chi connectivity index (χ2v) is 7.89. The standard InChI is InChI=1S/C12H9BrFNO4S2/c13-8-3-4-10(9(14)6-8)15(7-11(16)17)21(18,19)12-2-1-5-20-12/h1-6H,7H2,(H,16,17). The lowest BCUT2D eigenvalue weighted by atomic mass is 10.3. The van der Waals surface area contributed by atoms with Crippen LogP contribution in [-0.4, -0.2) is 26.0 Å². The molecule has 1 aromatic heterocycles. The Balaban J connectivity index is 2.56. The Hall–Kier alpha value is -1.45. The lowest BCUT2D eigenvalue weighted by Crippen LogP contribution is -2.36. The smallest absolute Gasteiger partial charge is 0.324 e. The van der Waals surface area contributed by atoms with Gasteiger partial charge in [-0.2, -0.15) is 0 Å². The lowest BCUT2D eigenvalue weighted by molar-refractivity contribution is -0.135. The van der Waals surface area contributed by atoms with E-state index in [9.17, 15) is 17.6 Å². The molecule has 0 atom stereocenters. The van der Waals surface area contributed by atoms with E-state index in [4.69, 9.17) is 5.11 Å². The zero-order chi connectivity index (χ0) is 15.6. The van der Waals surface area contributed by atoms with Crippen LogP contribution in [0.3, 0.4) is 0 Å². The number of carboxylic acids is 1. The van der Waals surface area contributed by atoms with Gasteiger partial charge in [0.2, 0.25) is 0 Å². The summed E-state index contributed by atoms with van der Waals surface area (Å²) in [5.41, 5.74) is -0.311. The van der Waals surface area contributed by atoms with E-state index in [0.29, 0.717) is 8.78 Å². The highest BCUT2D eigenvalue weighted by Gasteiger charge is 2.29. The number of thiophene rings is 1. The molecule has 9 heteroatoms. The summed E-state index contributed by atoms with van der Waals surface area (Å²) in [7, 11) is -4.13. The molecule has 1 N–H and O–H groups in total. The van der Waals surface area contributed by atoms with Crippen molar-refractivity contribution in [1.82, 2.24) is 0 Å². The van der Waals surface area contributed by atoms with Crippen LogP contribution in [0.5, 0.6) is 0 Å². The molecule has 0 spiro atoms. The van der Waals surface area contributed by atoms with Gasteiger partial charge in [-0.1, -0.05) is 22.0 Å². The minimum atomic E-state index is -4.13. The van der Waals surface area contributed by atoms with E-state index in [0.717, 1.165) is 17.4 Å². The maximum absolute atomic E-state index is 14.0. The van der Waals surface area contributed by atoms with Crippen LogP contribution in [-0.2, 0) is 14.8 Å². The van der Waals surface area contributed by atoms with Crippen LogP contribution < -0.4 is 4.31 Å². The molecule has 0 bridgehead atoms. The Morgan fingerprint density at radius 3 is 2.62 bits per heavy atom. The van der Waals surface area contributed by atoms with Crippen LogP contribution >= 0.6 is 27.3 Å². The Morgan fingerprint density at radius 2 is 2.10 bits per heavy atom. The molecule has 0 radical (unpaired) electrons. The monoisotopic (exact) mass is 393 g/mol. The van der Waals surface area contributed by atoms with Crippen molar-refractivity contribution in [2.24, 2.45) is 0 Å². The molecule has 2 rings (SSSR count). The number of benzene rings is 1. The van der Waals surface area contributed by atoms with Crippen LogP contribution in [0.2, 0.25) is 0 Å². The first-order valence-corrected chi connectivity index (χ1v) is 8.67. The number of rotatable bonds is 5. The Bertz CT molecular complexity index is 762. The summed E-state index contributed by atoms with van der Waals surface area (Å²) in [6.45, 7) is -0.862. The van der Waals surface area contributed by atoms with Gasteiger partial charge >= 0.3 is 5.97 Å². The molecular weight excluding hydrogens is 385 g/mol. The summed E-state index contributed by atoms with van der Waals surface area (Å²) in [4.78, 5) is 10.9. The van der Waals surface area contributed by atoms with Gasteiger partial charge in [0.15, 0.2) is 0 Å². The molecule has 0 unspecified atom stereocenters. The molecular formula is C12H9BrFNO4S2. The van der Waals surface area contributed by atoms with Gasteiger partial charge in [-0.3, -0.25) is 9.10 Å². The first-order valence-electron chi connectivity index (χ1n) is 5.55. The second kappa shape index (κ2) is 6.12. The first-order chi connectivity index (χ1) is 9.82. The summed E-state index contributed by atoms with van der Waals surface area (Å²) >= 11 is 4.00. The predicted octanol–water partition coefficient (Wildman–Crippen LogP) is 2.93. The number of hydrogen-bond donors (Lipinski definition) is 1. The number of carbonyl (C=O) groups is 1. The molecule has 112 valence electrons. The SMILES string of the molecule is O=C(O)CN(c1ccc(Br)cc1F)S(=O)(=O)c1cccs1. The van der Waals surface area contributed by atoms with Gasteiger partial charge in [-0.25, -0.2) is 12.8 Å². The summed E-state index contributed by atoms with van der Waals surface area (Å²) < 4.78 is 39.8. The summed E-state index contributed by atoms with van der Waals surface area (Å²) in [6.07, 6.45) is 0. The molecule has 2 aromatic rings. The zero-order valence-electron chi connectivity index (χ0n) is 10.4. The third-order valence-corrected chi connectivity index (χ3v) is 6.12. The fourth-order valence-electron chi connectivity index (χ4n) is 1.62. The van der Waals surface area contributed by atoms with Gasteiger partial charge in [-0.15, -0.1) is 11.3 Å². The van der Waals surface area contributed by atoms with Gasteiger partial charge in [0.1, 0.15) is 16.6 Å². The Kier molecular flexibility index (Phi) is 4.64. The quantitative estimate of drug-likeness (QED) is 0.847. The topological polar surface area (TPSA) is 74.7 Å². The van der Waals surface area contributed by atoms with E-state index >= 15 is 0 Å². The summed E-state index contributed by atoms with van der Waals surface area (Å²) in [5.74, 6) is -2.21. The number of nitrogens with zero attached hydrogens (tertiary/aromatic N) is 1. The van der Waals surface area contributed by atoms with Crippen LogP contribution in [0.25, 0.3) is 0 Å². The highest BCUT2D eigenvalue weighted by atomic mass is 79.9. The molecule has 0 aliphatic rings. The molecule has 1 heterocycles. The van der Waals surface area contributed by atoms with Gasteiger partial charge in [0.05, 0.1) is 5.69 Å². The minimum absolute atomic E-state index is 0.0499. The average molecular weight is 394 g/mol. The molecule has 21 heavy (non-hydrogen) atoms. The third-order valence-electron chi connectivity index (χ3n) is 2.50. The second-order valence-electron chi connectivity index (χ2n) is 3.93. The lowest BCUT2D eigenvalue weighted by Gasteiger charge is -2.22. The van der Waals surface area contributed by atoms with Gasteiger partial charge in [0.25, 0.3) is 10.0 Å². The van der Waals surface area contributed by atoms with E-state index in [1.807, 2.05) is 0 Å². The number of sulfonamides is 1. The number of carboxylic acid groups (broad SMARTS) is 1. The molecule has 0 aliphatic heterocycles. The number of halogens is 2. The van der Waals surface area contributed by atoms with Gasteiger partial charge in [-0.05, 0) is 29.6 Å². The van der Waals surface area contributed by atoms with Crippen molar-refractivity contribution in [1.29, 1.82) is 0 Å². The van der Waals surface area contributed by atoms with Crippen molar-refractivity contribution in [3.63, 3.8) is 0 Å². The third kappa shape index (κ3) is 3.42. The highest BCUT2D eigenvalue weighted by molar-refractivity contribution is 9.10. The molecule has 0 fully saturated rings. The summed E-state index contributed by atoms with van der Waals surface area (Å²) in [6, 6.07) is 6.60. The van der Waals surface area contributed by atoms with Crippen LogP contribution in [0.1, 0.15) is 0 Å². The first kappa shape index (κ1) is 15.9. The predicted molar refractivity (Wildman–Crippen MR) is 80.6 cm³/mol. The largest absolute Gasteiger partial charge is 0.480 e. The normalized spacial score (nSPS) is 11.3. The van der Waals surface area contributed by atoms with Crippen molar-refractivity contribution >= 4 is 48.9 Å². The average Bonchev–Trinajstić information content (AvgIpc) is 2.90. The van der Waals surface area contributed by atoms with Crippen molar-refractivity contribution in [2.45, 2.75) is 4.21 Å². The molecule has 0 amide bonds. The Labute approximate surface area is 132 Å². The van der Waals surface area contributed by atoms with Crippen molar-refractivity contribution in [3.8, 4) is 0 Å². The minimum Gasteiger partial charge on any atom is -0.480 e. The number of anilines is 1. The maximum Gasteiger partial charge on any atom is 0.324 e. The molecule has 0 aliphatic carbocycles. The van der Waals surface area contributed by atoms with Gasteiger partial charge in [0, 0.05) is 4.47 Å². The number of aliphatic carboxylic acids is 1.